The average molecular weight is 195 g/mol. The summed E-state index contributed by atoms with van der Waals surface area (Å²) in [6.07, 6.45) is -0.907. The van der Waals surface area contributed by atoms with Gasteiger partial charge in [-0.3, -0.25) is 4.79 Å². The van der Waals surface area contributed by atoms with Gasteiger partial charge >= 0.3 is 0 Å². The van der Waals surface area contributed by atoms with Gasteiger partial charge in [0.05, 0.1) is 6.61 Å². The first-order chi connectivity index (χ1) is 6.56. The van der Waals surface area contributed by atoms with Gasteiger partial charge in [-0.05, 0) is 24.1 Å². The van der Waals surface area contributed by atoms with Gasteiger partial charge in [-0.25, -0.2) is 0 Å². The summed E-state index contributed by atoms with van der Waals surface area (Å²) in [5.41, 5.74) is 6.83. The Morgan fingerprint density at radius 3 is 2.64 bits per heavy atom. The van der Waals surface area contributed by atoms with Crippen molar-refractivity contribution in [3.05, 3.63) is 34.9 Å². The molecule has 0 aliphatic carbocycles. The molecule has 4 heteroatoms. The van der Waals surface area contributed by atoms with Crippen molar-refractivity contribution in [1.29, 1.82) is 0 Å². The lowest BCUT2D eigenvalue weighted by atomic mass is 10.0. The third kappa shape index (κ3) is 2.10. The number of aliphatic hydroxyl groups excluding tert-OH is 2. The van der Waals surface area contributed by atoms with Crippen LogP contribution in [0.4, 0.5) is 0 Å². The molecule has 0 fully saturated rings. The molecule has 0 aromatic heterocycles. The lowest BCUT2D eigenvalue weighted by Crippen LogP contribution is -2.13. The zero-order valence-electron chi connectivity index (χ0n) is 7.90. The summed E-state index contributed by atoms with van der Waals surface area (Å²) in [5.74, 6) is -0.493. The number of benzene rings is 1. The van der Waals surface area contributed by atoms with Gasteiger partial charge in [-0.1, -0.05) is 12.1 Å². The molecule has 14 heavy (non-hydrogen) atoms. The molecule has 1 amide bonds. The Balaban J connectivity index is 3.06. The topological polar surface area (TPSA) is 83.6 Å². The van der Waals surface area contributed by atoms with E-state index in [0.29, 0.717) is 16.7 Å². The molecule has 0 aliphatic rings. The van der Waals surface area contributed by atoms with Gasteiger partial charge in [-0.2, -0.15) is 0 Å². The first-order valence-electron chi connectivity index (χ1n) is 4.25. The Kier molecular flexibility index (Phi) is 3.22. The van der Waals surface area contributed by atoms with E-state index >= 15 is 0 Å². The highest BCUT2D eigenvalue weighted by Crippen LogP contribution is 2.16. The van der Waals surface area contributed by atoms with Gasteiger partial charge < -0.3 is 15.9 Å². The zero-order chi connectivity index (χ0) is 10.7. The first-order valence-corrected chi connectivity index (χ1v) is 4.25. The molecule has 0 unspecified atom stereocenters. The second-order valence-electron chi connectivity index (χ2n) is 3.14. The molecule has 1 aromatic carbocycles. The van der Waals surface area contributed by atoms with E-state index in [2.05, 4.69) is 0 Å². The number of amides is 1. The standard InChI is InChI=1S/C10H13NO3/c1-6-4-7(9(13)5-12)2-3-8(6)10(11)14/h2-4,9,12-13H,5H2,1H3,(H2,11,14)/t9-/m1/s1. The van der Waals surface area contributed by atoms with E-state index in [0.717, 1.165) is 0 Å². The molecule has 1 rings (SSSR count). The van der Waals surface area contributed by atoms with E-state index in [1.165, 1.54) is 0 Å². The van der Waals surface area contributed by atoms with E-state index in [1.807, 2.05) is 0 Å². The highest BCUT2D eigenvalue weighted by atomic mass is 16.3. The van der Waals surface area contributed by atoms with Crippen molar-refractivity contribution >= 4 is 5.91 Å². The molecule has 0 heterocycles. The van der Waals surface area contributed by atoms with Gasteiger partial charge in [0.15, 0.2) is 0 Å². The van der Waals surface area contributed by atoms with Crippen LogP contribution in [0.15, 0.2) is 18.2 Å². The third-order valence-electron chi connectivity index (χ3n) is 2.07. The number of nitrogens with two attached hydrogens (primary N) is 1. The maximum absolute atomic E-state index is 10.9. The Labute approximate surface area is 82.0 Å². The van der Waals surface area contributed by atoms with Crippen molar-refractivity contribution in [3.8, 4) is 0 Å². The van der Waals surface area contributed by atoms with Crippen LogP contribution in [0.2, 0.25) is 0 Å². The number of carbonyl (C=O) groups excluding carboxylic acids is 1. The van der Waals surface area contributed by atoms with Crippen molar-refractivity contribution < 1.29 is 15.0 Å². The predicted octanol–water partition coefficient (Wildman–Crippen LogP) is 0.120. The number of aliphatic hydroxyl groups is 2. The van der Waals surface area contributed by atoms with E-state index in [4.69, 9.17) is 10.8 Å². The Morgan fingerprint density at radius 1 is 1.57 bits per heavy atom. The van der Waals surface area contributed by atoms with Gasteiger partial charge in [0, 0.05) is 5.56 Å². The largest absolute Gasteiger partial charge is 0.393 e. The molecule has 76 valence electrons. The van der Waals surface area contributed by atoms with Crippen molar-refractivity contribution in [3.63, 3.8) is 0 Å². The molecule has 1 atom stereocenters. The SMILES string of the molecule is Cc1cc([C@H](O)CO)ccc1C(N)=O. The van der Waals surface area contributed by atoms with Gasteiger partial charge in [-0.15, -0.1) is 0 Å². The Bertz CT molecular complexity index is 349. The molecule has 0 saturated carbocycles. The van der Waals surface area contributed by atoms with Crippen LogP contribution < -0.4 is 5.73 Å². The fourth-order valence-electron chi connectivity index (χ4n) is 1.28. The second-order valence-corrected chi connectivity index (χ2v) is 3.14. The molecular formula is C10H13NO3. The number of aryl methyl sites for hydroxylation is 1. The number of rotatable bonds is 3. The molecular weight excluding hydrogens is 182 g/mol. The predicted molar refractivity (Wildman–Crippen MR) is 51.7 cm³/mol. The number of carbonyl (C=O) groups is 1. The van der Waals surface area contributed by atoms with Crippen LogP contribution in [0.5, 0.6) is 0 Å². The molecule has 0 bridgehead atoms. The van der Waals surface area contributed by atoms with Crippen LogP contribution in [-0.2, 0) is 0 Å². The quantitative estimate of drug-likeness (QED) is 0.640. The highest BCUT2D eigenvalue weighted by molar-refractivity contribution is 5.94. The molecule has 0 saturated heterocycles. The smallest absolute Gasteiger partial charge is 0.248 e. The lowest BCUT2D eigenvalue weighted by molar-refractivity contribution is 0.0953. The number of primary amides is 1. The molecule has 4 N–H and O–H groups in total. The van der Waals surface area contributed by atoms with Crippen molar-refractivity contribution in [2.75, 3.05) is 6.61 Å². The van der Waals surface area contributed by atoms with Crippen LogP contribution in [-0.4, -0.2) is 22.7 Å². The zero-order valence-corrected chi connectivity index (χ0v) is 7.90. The van der Waals surface area contributed by atoms with Crippen molar-refractivity contribution in [1.82, 2.24) is 0 Å². The van der Waals surface area contributed by atoms with Crippen LogP contribution in [0, 0.1) is 6.92 Å². The minimum absolute atomic E-state index is 0.338. The third-order valence-corrected chi connectivity index (χ3v) is 2.07. The van der Waals surface area contributed by atoms with Crippen molar-refractivity contribution in [2.45, 2.75) is 13.0 Å². The summed E-state index contributed by atoms with van der Waals surface area (Å²) < 4.78 is 0. The lowest BCUT2D eigenvalue weighted by Gasteiger charge is -2.09. The van der Waals surface area contributed by atoms with Gasteiger partial charge in [0.1, 0.15) is 6.10 Å². The fraction of sp³-hybridized carbons (Fsp3) is 0.300. The minimum atomic E-state index is -0.907. The summed E-state index contributed by atoms with van der Waals surface area (Å²) in [6, 6.07) is 4.76. The summed E-state index contributed by atoms with van der Waals surface area (Å²) in [4.78, 5) is 10.9. The van der Waals surface area contributed by atoms with Crippen LogP contribution >= 0.6 is 0 Å². The molecule has 0 aliphatic heterocycles. The maximum atomic E-state index is 10.9. The molecule has 1 aromatic rings. The second kappa shape index (κ2) is 4.21. The van der Waals surface area contributed by atoms with Crippen LogP contribution in [0.25, 0.3) is 0 Å². The molecule has 0 radical (unpaired) electrons. The summed E-state index contributed by atoms with van der Waals surface area (Å²) in [6.45, 7) is 1.39. The minimum Gasteiger partial charge on any atom is -0.393 e. The van der Waals surface area contributed by atoms with E-state index in [1.54, 1.807) is 25.1 Å². The highest BCUT2D eigenvalue weighted by Gasteiger charge is 2.09. The van der Waals surface area contributed by atoms with Crippen LogP contribution in [0.1, 0.15) is 27.6 Å². The van der Waals surface area contributed by atoms with E-state index < -0.39 is 12.0 Å². The molecule has 4 nitrogen and oxygen atoms in total. The van der Waals surface area contributed by atoms with Crippen LogP contribution in [0.3, 0.4) is 0 Å². The van der Waals surface area contributed by atoms with Crippen molar-refractivity contribution in [2.24, 2.45) is 5.73 Å². The Morgan fingerprint density at radius 2 is 2.21 bits per heavy atom. The normalized spacial score (nSPS) is 12.5. The monoisotopic (exact) mass is 195 g/mol. The maximum Gasteiger partial charge on any atom is 0.248 e. The Hall–Kier alpha value is -1.39. The number of hydrogen-bond donors (Lipinski definition) is 3. The summed E-state index contributed by atoms with van der Waals surface area (Å²) >= 11 is 0. The summed E-state index contributed by atoms with van der Waals surface area (Å²) in [5, 5.41) is 18.0. The summed E-state index contributed by atoms with van der Waals surface area (Å²) in [7, 11) is 0. The van der Waals surface area contributed by atoms with E-state index in [-0.39, 0.29) is 6.61 Å². The fourth-order valence-corrected chi connectivity index (χ4v) is 1.28. The number of hydrogen-bond acceptors (Lipinski definition) is 3. The van der Waals surface area contributed by atoms with Gasteiger partial charge in [0.2, 0.25) is 5.91 Å². The van der Waals surface area contributed by atoms with Gasteiger partial charge in [0.25, 0.3) is 0 Å². The molecule has 0 spiro atoms. The average Bonchev–Trinajstić information content (AvgIpc) is 2.15. The first kappa shape index (κ1) is 10.7. The van der Waals surface area contributed by atoms with E-state index in [9.17, 15) is 9.90 Å².